The Morgan fingerprint density at radius 3 is 2.76 bits per heavy atom. The zero-order valence-electron chi connectivity index (χ0n) is 8.59. The second kappa shape index (κ2) is 4.56. The fourth-order valence-corrected chi connectivity index (χ4v) is 1.28. The van der Waals surface area contributed by atoms with Crippen molar-refractivity contribution in [2.24, 2.45) is 0 Å². The summed E-state index contributed by atoms with van der Waals surface area (Å²) in [5, 5.41) is 18.9. The molecule has 0 spiro atoms. The highest BCUT2D eigenvalue weighted by molar-refractivity contribution is 6.05. The summed E-state index contributed by atoms with van der Waals surface area (Å²) in [4.78, 5) is 11.7. The van der Waals surface area contributed by atoms with Crippen LogP contribution >= 0.6 is 0 Å². The van der Waals surface area contributed by atoms with Crippen LogP contribution in [-0.4, -0.2) is 21.2 Å². The molecule has 0 saturated heterocycles. The van der Waals surface area contributed by atoms with Crippen LogP contribution in [0.2, 0.25) is 0 Å². The predicted octanol–water partition coefficient (Wildman–Crippen LogP) is 1.57. The molecule has 0 atom stereocenters. The van der Waals surface area contributed by atoms with E-state index in [9.17, 15) is 14.3 Å². The molecule has 1 aromatic heterocycles. The molecule has 86 valence electrons. The highest BCUT2D eigenvalue weighted by atomic mass is 19.1. The molecule has 0 saturated carbocycles. The number of hydrogen-bond acceptors (Lipinski definition) is 4. The molecule has 1 amide bonds. The molecular weight excluding hydrogens is 225 g/mol. The lowest BCUT2D eigenvalue weighted by atomic mass is 10.1. The van der Waals surface area contributed by atoms with E-state index in [0.717, 1.165) is 6.07 Å². The van der Waals surface area contributed by atoms with E-state index in [1.165, 1.54) is 24.4 Å². The standard InChI is InChI=1S/C11H8FN3O2/c12-7-3-1-4-8(16)10(7)11(17)14-9-5-2-6-13-15-9/h1-6,16H,(H,14,15,17). The number of aromatic nitrogens is 2. The van der Waals surface area contributed by atoms with Gasteiger partial charge in [-0.05, 0) is 24.3 Å². The topological polar surface area (TPSA) is 75.1 Å². The average Bonchev–Trinajstić information content (AvgIpc) is 2.30. The molecule has 0 aliphatic heterocycles. The monoisotopic (exact) mass is 233 g/mol. The fourth-order valence-electron chi connectivity index (χ4n) is 1.28. The van der Waals surface area contributed by atoms with Crippen LogP contribution in [0.25, 0.3) is 0 Å². The molecular formula is C11H8FN3O2. The number of rotatable bonds is 2. The predicted molar refractivity (Wildman–Crippen MR) is 58.1 cm³/mol. The molecule has 6 heteroatoms. The quantitative estimate of drug-likeness (QED) is 0.825. The molecule has 5 nitrogen and oxygen atoms in total. The van der Waals surface area contributed by atoms with Crippen LogP contribution < -0.4 is 5.32 Å². The summed E-state index contributed by atoms with van der Waals surface area (Å²) >= 11 is 0. The van der Waals surface area contributed by atoms with E-state index < -0.39 is 23.0 Å². The molecule has 0 fully saturated rings. The molecule has 0 aliphatic carbocycles. The molecule has 0 aliphatic rings. The number of halogens is 1. The van der Waals surface area contributed by atoms with Crippen LogP contribution in [0.3, 0.4) is 0 Å². The van der Waals surface area contributed by atoms with E-state index in [1.54, 1.807) is 6.07 Å². The van der Waals surface area contributed by atoms with Gasteiger partial charge in [0.15, 0.2) is 5.82 Å². The summed E-state index contributed by atoms with van der Waals surface area (Å²) in [6.45, 7) is 0. The summed E-state index contributed by atoms with van der Waals surface area (Å²) < 4.78 is 13.3. The Labute approximate surface area is 95.9 Å². The molecule has 0 radical (unpaired) electrons. The molecule has 1 heterocycles. The fraction of sp³-hybridized carbons (Fsp3) is 0. The zero-order valence-corrected chi connectivity index (χ0v) is 8.59. The molecule has 0 unspecified atom stereocenters. The largest absolute Gasteiger partial charge is 0.507 e. The van der Waals surface area contributed by atoms with Crippen molar-refractivity contribution in [2.75, 3.05) is 5.32 Å². The number of benzene rings is 1. The first kappa shape index (κ1) is 11.0. The van der Waals surface area contributed by atoms with E-state index in [-0.39, 0.29) is 5.82 Å². The number of carbonyl (C=O) groups excluding carboxylic acids is 1. The number of anilines is 1. The summed E-state index contributed by atoms with van der Waals surface area (Å²) in [5.41, 5.74) is -0.418. The minimum Gasteiger partial charge on any atom is -0.507 e. The first-order valence-electron chi connectivity index (χ1n) is 4.75. The van der Waals surface area contributed by atoms with Gasteiger partial charge in [0.25, 0.3) is 5.91 Å². The summed E-state index contributed by atoms with van der Waals surface area (Å²) in [6, 6.07) is 6.70. The van der Waals surface area contributed by atoms with Crippen molar-refractivity contribution in [1.29, 1.82) is 0 Å². The average molecular weight is 233 g/mol. The van der Waals surface area contributed by atoms with Crippen LogP contribution in [0.1, 0.15) is 10.4 Å². The third-order valence-corrected chi connectivity index (χ3v) is 2.03. The van der Waals surface area contributed by atoms with Crippen molar-refractivity contribution >= 4 is 11.7 Å². The SMILES string of the molecule is O=C(Nc1cccnn1)c1c(O)cccc1F. The van der Waals surface area contributed by atoms with Crippen LogP contribution in [0.5, 0.6) is 5.75 Å². The van der Waals surface area contributed by atoms with Gasteiger partial charge in [0, 0.05) is 6.20 Å². The lowest BCUT2D eigenvalue weighted by molar-refractivity contribution is 0.102. The Kier molecular flexibility index (Phi) is 2.95. The normalized spacial score (nSPS) is 9.94. The van der Waals surface area contributed by atoms with Crippen molar-refractivity contribution in [3.8, 4) is 5.75 Å². The van der Waals surface area contributed by atoms with E-state index in [0.29, 0.717) is 0 Å². The van der Waals surface area contributed by atoms with Crippen molar-refractivity contribution in [1.82, 2.24) is 10.2 Å². The number of nitrogens with zero attached hydrogens (tertiary/aromatic N) is 2. The Balaban J connectivity index is 2.27. The molecule has 2 N–H and O–H groups in total. The number of aromatic hydroxyl groups is 1. The molecule has 1 aromatic carbocycles. The Bertz CT molecular complexity index is 525. The Hall–Kier alpha value is -2.50. The van der Waals surface area contributed by atoms with Crippen LogP contribution in [0, 0.1) is 5.82 Å². The highest BCUT2D eigenvalue weighted by Crippen LogP contribution is 2.20. The van der Waals surface area contributed by atoms with Crippen molar-refractivity contribution in [3.05, 3.63) is 47.9 Å². The Morgan fingerprint density at radius 2 is 2.12 bits per heavy atom. The van der Waals surface area contributed by atoms with Gasteiger partial charge < -0.3 is 10.4 Å². The van der Waals surface area contributed by atoms with Gasteiger partial charge in [0.2, 0.25) is 0 Å². The second-order valence-corrected chi connectivity index (χ2v) is 3.20. The number of hydrogen-bond donors (Lipinski definition) is 2. The van der Waals surface area contributed by atoms with Gasteiger partial charge in [-0.25, -0.2) is 4.39 Å². The van der Waals surface area contributed by atoms with E-state index in [2.05, 4.69) is 15.5 Å². The summed E-state index contributed by atoms with van der Waals surface area (Å²) in [7, 11) is 0. The van der Waals surface area contributed by atoms with E-state index >= 15 is 0 Å². The maximum Gasteiger partial charge on any atom is 0.263 e. The maximum absolute atomic E-state index is 13.3. The van der Waals surface area contributed by atoms with Gasteiger partial charge in [0.1, 0.15) is 17.1 Å². The maximum atomic E-state index is 13.3. The van der Waals surface area contributed by atoms with Gasteiger partial charge in [-0.15, -0.1) is 5.10 Å². The van der Waals surface area contributed by atoms with Crippen molar-refractivity contribution in [3.63, 3.8) is 0 Å². The summed E-state index contributed by atoms with van der Waals surface area (Å²) in [6.07, 6.45) is 1.44. The lowest BCUT2D eigenvalue weighted by Gasteiger charge is -2.06. The van der Waals surface area contributed by atoms with Crippen molar-refractivity contribution in [2.45, 2.75) is 0 Å². The minimum atomic E-state index is -0.800. The smallest absolute Gasteiger partial charge is 0.263 e. The number of amides is 1. The third-order valence-electron chi connectivity index (χ3n) is 2.03. The van der Waals surface area contributed by atoms with E-state index in [1.807, 2.05) is 0 Å². The first-order chi connectivity index (χ1) is 8.18. The minimum absolute atomic E-state index is 0.181. The molecule has 2 aromatic rings. The number of carbonyl (C=O) groups is 1. The number of phenolic OH excluding ortho intramolecular Hbond substituents is 1. The van der Waals surface area contributed by atoms with Gasteiger partial charge in [0.05, 0.1) is 0 Å². The van der Waals surface area contributed by atoms with Crippen LogP contribution in [0.4, 0.5) is 10.2 Å². The van der Waals surface area contributed by atoms with Gasteiger partial charge in [-0.2, -0.15) is 5.10 Å². The van der Waals surface area contributed by atoms with Gasteiger partial charge in [-0.3, -0.25) is 4.79 Å². The lowest BCUT2D eigenvalue weighted by Crippen LogP contribution is -2.15. The van der Waals surface area contributed by atoms with Crippen LogP contribution in [0.15, 0.2) is 36.5 Å². The third kappa shape index (κ3) is 2.36. The number of phenols is 1. The second-order valence-electron chi connectivity index (χ2n) is 3.20. The zero-order chi connectivity index (χ0) is 12.3. The molecule has 2 rings (SSSR count). The van der Waals surface area contributed by atoms with Gasteiger partial charge in [-0.1, -0.05) is 6.07 Å². The van der Waals surface area contributed by atoms with Gasteiger partial charge >= 0.3 is 0 Å². The number of nitrogens with one attached hydrogen (secondary N) is 1. The Morgan fingerprint density at radius 1 is 1.29 bits per heavy atom. The summed E-state index contributed by atoms with van der Waals surface area (Å²) in [5.74, 6) is -1.82. The molecule has 0 bridgehead atoms. The molecule has 17 heavy (non-hydrogen) atoms. The first-order valence-corrected chi connectivity index (χ1v) is 4.75. The van der Waals surface area contributed by atoms with Crippen molar-refractivity contribution < 1.29 is 14.3 Å². The van der Waals surface area contributed by atoms with Crippen LogP contribution in [-0.2, 0) is 0 Å². The highest BCUT2D eigenvalue weighted by Gasteiger charge is 2.16. The van der Waals surface area contributed by atoms with E-state index in [4.69, 9.17) is 0 Å².